The molecule has 0 unspecified atom stereocenters. The van der Waals surface area contributed by atoms with Gasteiger partial charge in [0.2, 0.25) is 0 Å². The molecule has 1 aliphatic rings. The van der Waals surface area contributed by atoms with Gasteiger partial charge in [-0.25, -0.2) is 9.18 Å². The normalized spacial score (nSPS) is 15.8. The van der Waals surface area contributed by atoms with E-state index in [4.69, 9.17) is 5.11 Å². The number of carbonyl (C=O) groups excluding carboxylic acids is 1. The number of carboxylic acids is 1. The Labute approximate surface area is 130 Å². The van der Waals surface area contributed by atoms with E-state index in [1.807, 2.05) is 0 Å². The predicted molar refractivity (Wildman–Crippen MR) is 78.3 cm³/mol. The summed E-state index contributed by atoms with van der Waals surface area (Å²) in [5.74, 6) is -1.56. The molecule has 1 aliphatic heterocycles. The predicted octanol–water partition coefficient (Wildman–Crippen LogP) is 2.59. The highest BCUT2D eigenvalue weighted by Crippen LogP contribution is 2.18. The lowest BCUT2D eigenvalue weighted by Gasteiger charge is -2.30. The molecule has 1 aromatic rings. The van der Waals surface area contributed by atoms with Crippen molar-refractivity contribution in [3.05, 3.63) is 34.1 Å². The zero-order chi connectivity index (χ0) is 15.4. The van der Waals surface area contributed by atoms with E-state index in [1.165, 1.54) is 6.07 Å². The molecule has 21 heavy (non-hydrogen) atoms. The summed E-state index contributed by atoms with van der Waals surface area (Å²) >= 11 is 3.25. The maximum absolute atomic E-state index is 13.6. The van der Waals surface area contributed by atoms with Gasteiger partial charge in [0, 0.05) is 29.7 Å². The third kappa shape index (κ3) is 4.17. The van der Waals surface area contributed by atoms with Crippen molar-refractivity contribution in [2.45, 2.75) is 19.4 Å². The summed E-state index contributed by atoms with van der Waals surface area (Å²) in [5.41, 5.74) is 0.401. The van der Waals surface area contributed by atoms with Crippen LogP contribution in [0, 0.1) is 11.7 Å². The van der Waals surface area contributed by atoms with Crippen LogP contribution in [0.5, 0.6) is 0 Å². The summed E-state index contributed by atoms with van der Waals surface area (Å²) in [6, 6.07) is 4.26. The van der Waals surface area contributed by atoms with Crippen LogP contribution >= 0.6 is 15.9 Å². The third-order valence-corrected chi connectivity index (χ3v) is 4.06. The van der Waals surface area contributed by atoms with Gasteiger partial charge in [-0.2, -0.15) is 0 Å². The molecule has 1 fully saturated rings. The molecular weight excluding hydrogens is 343 g/mol. The maximum atomic E-state index is 13.6. The lowest BCUT2D eigenvalue weighted by atomic mass is 9.97. The van der Waals surface area contributed by atoms with Crippen LogP contribution in [0.3, 0.4) is 0 Å². The Morgan fingerprint density at radius 2 is 2.05 bits per heavy atom. The molecule has 0 aromatic heterocycles. The van der Waals surface area contributed by atoms with Crippen molar-refractivity contribution in [1.29, 1.82) is 0 Å². The monoisotopic (exact) mass is 358 g/mol. The first-order chi connectivity index (χ1) is 9.97. The summed E-state index contributed by atoms with van der Waals surface area (Å²) in [6.07, 6.45) is 0.905. The average molecular weight is 359 g/mol. The molecule has 2 rings (SSSR count). The number of amides is 2. The summed E-state index contributed by atoms with van der Waals surface area (Å²) in [7, 11) is 0. The van der Waals surface area contributed by atoms with Crippen LogP contribution in [0.15, 0.2) is 22.7 Å². The molecule has 114 valence electrons. The highest BCUT2D eigenvalue weighted by Gasteiger charge is 2.26. The standard InChI is InChI=1S/C14H16BrFN2O3/c15-11-1-2-12(16)10(7-11)8-17-14(21)18-5-3-9(4-6-18)13(19)20/h1-2,7,9H,3-6,8H2,(H,17,21)(H,19,20). The van der Waals surface area contributed by atoms with Crippen LogP contribution in [-0.4, -0.2) is 35.1 Å². The van der Waals surface area contributed by atoms with E-state index in [-0.39, 0.29) is 24.3 Å². The zero-order valence-electron chi connectivity index (χ0n) is 11.3. The lowest BCUT2D eigenvalue weighted by molar-refractivity contribution is -0.143. The quantitative estimate of drug-likeness (QED) is 0.872. The number of hydrogen-bond acceptors (Lipinski definition) is 2. The van der Waals surface area contributed by atoms with Crippen molar-refractivity contribution in [2.24, 2.45) is 5.92 Å². The van der Waals surface area contributed by atoms with Gasteiger partial charge in [-0.3, -0.25) is 4.79 Å². The van der Waals surface area contributed by atoms with Crippen molar-refractivity contribution < 1.29 is 19.1 Å². The molecule has 0 bridgehead atoms. The van der Waals surface area contributed by atoms with E-state index < -0.39 is 5.97 Å². The number of aliphatic carboxylic acids is 1. The number of hydrogen-bond donors (Lipinski definition) is 2. The molecule has 0 spiro atoms. The Morgan fingerprint density at radius 1 is 1.38 bits per heavy atom. The maximum Gasteiger partial charge on any atom is 0.317 e. The van der Waals surface area contributed by atoms with E-state index >= 15 is 0 Å². The molecule has 2 N–H and O–H groups in total. The summed E-state index contributed by atoms with van der Waals surface area (Å²) in [4.78, 5) is 24.4. The van der Waals surface area contributed by atoms with Crippen LogP contribution in [0.25, 0.3) is 0 Å². The highest BCUT2D eigenvalue weighted by atomic mass is 79.9. The Bertz CT molecular complexity index is 545. The fourth-order valence-corrected chi connectivity index (χ4v) is 2.70. The number of urea groups is 1. The first-order valence-electron chi connectivity index (χ1n) is 6.67. The Morgan fingerprint density at radius 3 is 2.67 bits per heavy atom. The molecule has 0 radical (unpaired) electrons. The van der Waals surface area contributed by atoms with Crippen LogP contribution in [0.1, 0.15) is 18.4 Å². The number of benzene rings is 1. The van der Waals surface area contributed by atoms with Crippen LogP contribution in [0.4, 0.5) is 9.18 Å². The van der Waals surface area contributed by atoms with Gasteiger partial charge in [-0.05, 0) is 31.0 Å². The number of halogens is 2. The average Bonchev–Trinajstić information content (AvgIpc) is 2.48. The second-order valence-electron chi connectivity index (χ2n) is 4.99. The smallest absolute Gasteiger partial charge is 0.317 e. The van der Waals surface area contributed by atoms with E-state index in [1.54, 1.807) is 17.0 Å². The summed E-state index contributed by atoms with van der Waals surface area (Å²) < 4.78 is 14.3. The largest absolute Gasteiger partial charge is 0.481 e. The van der Waals surface area contributed by atoms with Gasteiger partial charge in [-0.15, -0.1) is 0 Å². The SMILES string of the molecule is O=C(O)C1CCN(C(=O)NCc2cc(Br)ccc2F)CC1. The van der Waals surface area contributed by atoms with Crippen molar-refractivity contribution >= 4 is 27.9 Å². The first kappa shape index (κ1) is 15.8. The van der Waals surface area contributed by atoms with Crippen LogP contribution < -0.4 is 5.32 Å². The minimum Gasteiger partial charge on any atom is -0.481 e. The number of carboxylic acid groups (broad SMARTS) is 1. The number of likely N-dealkylation sites (tertiary alicyclic amines) is 1. The number of rotatable bonds is 3. The molecule has 5 nitrogen and oxygen atoms in total. The number of carbonyl (C=O) groups is 2. The van der Waals surface area contributed by atoms with Crippen molar-refractivity contribution in [3.8, 4) is 0 Å². The molecule has 0 saturated carbocycles. The fraction of sp³-hybridized carbons (Fsp3) is 0.429. The zero-order valence-corrected chi connectivity index (χ0v) is 12.9. The number of piperidine rings is 1. The lowest BCUT2D eigenvalue weighted by Crippen LogP contribution is -2.45. The molecule has 1 aromatic carbocycles. The van der Waals surface area contributed by atoms with Gasteiger partial charge in [0.15, 0.2) is 0 Å². The summed E-state index contributed by atoms with van der Waals surface area (Å²) in [6.45, 7) is 0.913. The van der Waals surface area contributed by atoms with E-state index in [2.05, 4.69) is 21.2 Å². The second kappa shape index (κ2) is 6.89. The minimum absolute atomic E-state index is 0.100. The van der Waals surface area contributed by atoms with Gasteiger partial charge in [0.25, 0.3) is 0 Å². The van der Waals surface area contributed by atoms with Crippen LogP contribution in [0.2, 0.25) is 0 Å². The van der Waals surface area contributed by atoms with Crippen molar-refractivity contribution in [3.63, 3.8) is 0 Å². The first-order valence-corrected chi connectivity index (χ1v) is 7.46. The third-order valence-electron chi connectivity index (χ3n) is 3.57. The Balaban J connectivity index is 1.85. The van der Waals surface area contributed by atoms with Crippen molar-refractivity contribution in [2.75, 3.05) is 13.1 Å². The summed E-state index contributed by atoms with van der Waals surface area (Å²) in [5, 5.41) is 11.6. The molecule has 0 atom stereocenters. The van der Waals surface area contributed by atoms with Gasteiger partial charge in [0.1, 0.15) is 5.82 Å². The molecule has 1 heterocycles. The van der Waals surface area contributed by atoms with Gasteiger partial charge in [-0.1, -0.05) is 15.9 Å². The van der Waals surface area contributed by atoms with Crippen LogP contribution in [-0.2, 0) is 11.3 Å². The minimum atomic E-state index is -0.814. The fourth-order valence-electron chi connectivity index (χ4n) is 2.29. The highest BCUT2D eigenvalue weighted by molar-refractivity contribution is 9.10. The second-order valence-corrected chi connectivity index (χ2v) is 5.91. The van der Waals surface area contributed by atoms with E-state index in [0.717, 1.165) is 4.47 Å². The Kier molecular flexibility index (Phi) is 5.17. The molecule has 7 heteroatoms. The van der Waals surface area contributed by atoms with Gasteiger partial charge < -0.3 is 15.3 Å². The molecular formula is C14H16BrFN2O3. The molecule has 1 saturated heterocycles. The molecule has 0 aliphatic carbocycles. The number of nitrogens with zero attached hydrogens (tertiary/aromatic N) is 1. The number of nitrogens with one attached hydrogen (secondary N) is 1. The Hall–Kier alpha value is -1.63. The van der Waals surface area contributed by atoms with Gasteiger partial charge >= 0.3 is 12.0 Å². The van der Waals surface area contributed by atoms with Crippen molar-refractivity contribution in [1.82, 2.24) is 10.2 Å². The molecule has 2 amide bonds. The topological polar surface area (TPSA) is 69.6 Å². The van der Waals surface area contributed by atoms with E-state index in [0.29, 0.717) is 31.5 Å². The van der Waals surface area contributed by atoms with Gasteiger partial charge in [0.05, 0.1) is 5.92 Å². The van der Waals surface area contributed by atoms with E-state index in [9.17, 15) is 14.0 Å².